The summed E-state index contributed by atoms with van der Waals surface area (Å²) in [5.41, 5.74) is 4.87. The largest absolute Gasteiger partial charge is 0.339 e. The molecular formula is C15H14BrN3O. The van der Waals surface area contributed by atoms with Gasteiger partial charge in [0.05, 0.1) is 5.71 Å². The number of anilines is 1. The summed E-state index contributed by atoms with van der Waals surface area (Å²) in [5.74, 6) is 0. The Morgan fingerprint density at radius 1 is 1.10 bits per heavy atom. The van der Waals surface area contributed by atoms with Crippen molar-refractivity contribution in [2.45, 2.75) is 6.92 Å². The van der Waals surface area contributed by atoms with Crippen LogP contribution in [0.2, 0.25) is 0 Å². The fourth-order valence-corrected chi connectivity index (χ4v) is 1.99. The Morgan fingerprint density at radius 3 is 2.55 bits per heavy atom. The van der Waals surface area contributed by atoms with Gasteiger partial charge in [-0.3, -0.25) is 0 Å². The third kappa shape index (κ3) is 4.20. The van der Waals surface area contributed by atoms with E-state index >= 15 is 0 Å². The number of nitrogens with zero attached hydrogens (tertiary/aromatic N) is 1. The highest BCUT2D eigenvalue weighted by Crippen LogP contribution is 2.12. The van der Waals surface area contributed by atoms with Gasteiger partial charge in [0, 0.05) is 10.2 Å². The number of benzene rings is 2. The second-order valence-corrected chi connectivity index (χ2v) is 5.06. The molecule has 2 rings (SSSR count). The molecule has 0 heterocycles. The van der Waals surface area contributed by atoms with Crippen LogP contribution in [0.5, 0.6) is 0 Å². The highest BCUT2D eigenvalue weighted by Gasteiger charge is 2.01. The summed E-state index contributed by atoms with van der Waals surface area (Å²) in [7, 11) is 0. The summed E-state index contributed by atoms with van der Waals surface area (Å²) in [6.45, 7) is 1.84. The molecule has 0 fully saturated rings. The zero-order valence-corrected chi connectivity index (χ0v) is 12.5. The lowest BCUT2D eigenvalue weighted by Gasteiger charge is -2.05. The Hall–Kier alpha value is -2.14. The van der Waals surface area contributed by atoms with E-state index in [1.165, 1.54) is 0 Å². The standard InChI is InChI=1S/C15H14BrN3O/c1-11(12-6-5-7-13(16)10-12)18-19-15(20)17-14-8-3-2-4-9-14/h2-10H,1H3,(H2,17,19,20)/b18-11-. The maximum atomic E-state index is 11.7. The molecule has 2 aromatic carbocycles. The molecule has 0 atom stereocenters. The third-order valence-corrected chi connectivity index (χ3v) is 3.09. The second kappa shape index (κ2) is 6.86. The number of halogens is 1. The van der Waals surface area contributed by atoms with Crippen molar-refractivity contribution in [3.05, 3.63) is 64.6 Å². The number of carbonyl (C=O) groups excluding carboxylic acids is 1. The van der Waals surface area contributed by atoms with Crippen LogP contribution >= 0.6 is 15.9 Å². The van der Waals surface area contributed by atoms with Gasteiger partial charge in [-0.25, -0.2) is 10.2 Å². The van der Waals surface area contributed by atoms with Gasteiger partial charge in [-0.2, -0.15) is 5.10 Å². The maximum absolute atomic E-state index is 11.7. The van der Waals surface area contributed by atoms with E-state index in [0.717, 1.165) is 21.4 Å². The van der Waals surface area contributed by atoms with Gasteiger partial charge in [-0.15, -0.1) is 0 Å². The van der Waals surface area contributed by atoms with Gasteiger partial charge >= 0.3 is 6.03 Å². The Morgan fingerprint density at radius 2 is 1.85 bits per heavy atom. The molecule has 4 nitrogen and oxygen atoms in total. The van der Waals surface area contributed by atoms with Crippen LogP contribution in [0.4, 0.5) is 10.5 Å². The van der Waals surface area contributed by atoms with Crippen molar-refractivity contribution >= 4 is 33.4 Å². The van der Waals surface area contributed by atoms with Crippen LogP contribution in [0, 0.1) is 0 Å². The molecule has 20 heavy (non-hydrogen) atoms. The molecule has 0 spiro atoms. The van der Waals surface area contributed by atoms with Gasteiger partial charge in [0.2, 0.25) is 0 Å². The maximum Gasteiger partial charge on any atom is 0.339 e. The first-order chi connectivity index (χ1) is 9.65. The SMILES string of the molecule is C/C(=N/NC(=O)Nc1ccccc1)c1cccc(Br)c1. The number of amides is 2. The van der Waals surface area contributed by atoms with E-state index in [4.69, 9.17) is 0 Å². The lowest BCUT2D eigenvalue weighted by atomic mass is 10.1. The third-order valence-electron chi connectivity index (χ3n) is 2.60. The van der Waals surface area contributed by atoms with Crippen molar-refractivity contribution in [3.8, 4) is 0 Å². The molecule has 0 bridgehead atoms. The van der Waals surface area contributed by atoms with E-state index in [0.29, 0.717) is 0 Å². The van der Waals surface area contributed by atoms with E-state index in [9.17, 15) is 4.79 Å². The van der Waals surface area contributed by atoms with Crippen LogP contribution in [0.25, 0.3) is 0 Å². The number of para-hydroxylation sites is 1. The zero-order chi connectivity index (χ0) is 14.4. The van der Waals surface area contributed by atoms with E-state index in [1.54, 1.807) is 0 Å². The molecule has 0 aromatic heterocycles. The average Bonchev–Trinajstić information content (AvgIpc) is 2.46. The van der Waals surface area contributed by atoms with Gasteiger partial charge in [-0.05, 0) is 36.8 Å². The minimum atomic E-state index is -0.370. The number of hydrogen-bond donors (Lipinski definition) is 2. The molecule has 0 aliphatic heterocycles. The molecule has 102 valence electrons. The Balaban J connectivity index is 1.97. The van der Waals surface area contributed by atoms with Crippen LogP contribution < -0.4 is 10.7 Å². The van der Waals surface area contributed by atoms with Crippen LogP contribution in [0.3, 0.4) is 0 Å². The second-order valence-electron chi connectivity index (χ2n) is 4.14. The first-order valence-electron chi connectivity index (χ1n) is 6.07. The van der Waals surface area contributed by atoms with Gasteiger partial charge in [0.1, 0.15) is 0 Å². The zero-order valence-electron chi connectivity index (χ0n) is 10.9. The molecule has 5 heteroatoms. The summed E-state index contributed by atoms with van der Waals surface area (Å²) in [5, 5.41) is 6.76. The highest BCUT2D eigenvalue weighted by atomic mass is 79.9. The van der Waals surface area contributed by atoms with Crippen molar-refractivity contribution in [2.75, 3.05) is 5.32 Å². The number of urea groups is 1. The molecule has 2 amide bonds. The molecule has 0 unspecified atom stereocenters. The summed E-state index contributed by atoms with van der Waals surface area (Å²) < 4.78 is 0.971. The monoisotopic (exact) mass is 331 g/mol. The van der Waals surface area contributed by atoms with Crippen LogP contribution in [0.15, 0.2) is 64.2 Å². The average molecular weight is 332 g/mol. The minimum absolute atomic E-state index is 0.370. The van der Waals surface area contributed by atoms with Crippen molar-refractivity contribution < 1.29 is 4.79 Å². The van der Waals surface area contributed by atoms with Crippen molar-refractivity contribution in [2.24, 2.45) is 5.10 Å². The molecular weight excluding hydrogens is 318 g/mol. The van der Waals surface area contributed by atoms with Gasteiger partial charge in [0.25, 0.3) is 0 Å². The molecule has 2 N–H and O–H groups in total. The van der Waals surface area contributed by atoms with E-state index < -0.39 is 0 Å². The van der Waals surface area contributed by atoms with Crippen molar-refractivity contribution in [1.82, 2.24) is 5.43 Å². The van der Waals surface area contributed by atoms with Gasteiger partial charge < -0.3 is 5.32 Å². The summed E-state index contributed by atoms with van der Waals surface area (Å²) >= 11 is 3.40. The number of nitrogens with one attached hydrogen (secondary N) is 2. The predicted octanol–water partition coefficient (Wildman–Crippen LogP) is 3.99. The molecule has 2 aromatic rings. The number of carbonyl (C=O) groups is 1. The van der Waals surface area contributed by atoms with Crippen LogP contribution in [-0.4, -0.2) is 11.7 Å². The highest BCUT2D eigenvalue weighted by molar-refractivity contribution is 9.10. The Kier molecular flexibility index (Phi) is 4.90. The first-order valence-corrected chi connectivity index (χ1v) is 6.87. The molecule has 0 saturated heterocycles. The van der Waals surface area contributed by atoms with Crippen LogP contribution in [-0.2, 0) is 0 Å². The number of rotatable bonds is 3. The molecule has 0 radical (unpaired) electrons. The Labute approximate surface area is 126 Å². The van der Waals surface area contributed by atoms with E-state index in [1.807, 2.05) is 61.5 Å². The topological polar surface area (TPSA) is 53.5 Å². The Bertz CT molecular complexity index is 626. The number of hydrogen-bond acceptors (Lipinski definition) is 2. The molecule has 0 aliphatic rings. The normalized spacial score (nSPS) is 11.0. The summed E-state index contributed by atoms with van der Waals surface area (Å²) in [6, 6.07) is 16.6. The summed E-state index contributed by atoms with van der Waals surface area (Å²) in [4.78, 5) is 11.7. The van der Waals surface area contributed by atoms with E-state index in [-0.39, 0.29) is 6.03 Å². The van der Waals surface area contributed by atoms with Crippen LogP contribution in [0.1, 0.15) is 12.5 Å². The van der Waals surface area contributed by atoms with E-state index in [2.05, 4.69) is 31.8 Å². The van der Waals surface area contributed by atoms with Gasteiger partial charge in [0.15, 0.2) is 0 Å². The first kappa shape index (κ1) is 14.3. The number of hydrazone groups is 1. The smallest absolute Gasteiger partial charge is 0.307 e. The minimum Gasteiger partial charge on any atom is -0.307 e. The van der Waals surface area contributed by atoms with Crippen molar-refractivity contribution in [1.29, 1.82) is 0 Å². The summed E-state index contributed by atoms with van der Waals surface area (Å²) in [6.07, 6.45) is 0. The molecule has 0 saturated carbocycles. The van der Waals surface area contributed by atoms with Gasteiger partial charge in [-0.1, -0.05) is 46.3 Å². The lowest BCUT2D eigenvalue weighted by Crippen LogP contribution is -2.25. The predicted molar refractivity (Wildman–Crippen MR) is 84.9 cm³/mol. The fourth-order valence-electron chi connectivity index (χ4n) is 1.59. The fraction of sp³-hybridized carbons (Fsp3) is 0.0667. The molecule has 0 aliphatic carbocycles. The van der Waals surface area contributed by atoms with Crippen molar-refractivity contribution in [3.63, 3.8) is 0 Å². The lowest BCUT2D eigenvalue weighted by molar-refractivity contribution is 0.252. The quantitative estimate of drug-likeness (QED) is 0.648.